The fourth-order valence-electron chi connectivity index (χ4n) is 3.17. The van der Waals surface area contributed by atoms with Gasteiger partial charge in [0.1, 0.15) is 6.29 Å². The summed E-state index contributed by atoms with van der Waals surface area (Å²) in [5.41, 5.74) is 2.90. The van der Waals surface area contributed by atoms with Crippen LogP contribution in [0.15, 0.2) is 24.3 Å². The Morgan fingerprint density at radius 1 is 1.19 bits per heavy atom. The molecule has 3 nitrogen and oxygen atoms in total. The number of benzene rings is 2. The zero-order valence-corrected chi connectivity index (χ0v) is 15.2. The summed E-state index contributed by atoms with van der Waals surface area (Å²) in [6.45, 7) is 5.36. The van der Waals surface area contributed by atoms with Crippen molar-refractivity contribution in [2.24, 2.45) is 0 Å². The van der Waals surface area contributed by atoms with Gasteiger partial charge in [0.15, 0.2) is 0 Å². The zero-order chi connectivity index (χ0) is 19.2. The lowest BCUT2D eigenvalue weighted by atomic mass is 10.0. The van der Waals surface area contributed by atoms with Crippen LogP contribution in [0.3, 0.4) is 0 Å². The highest BCUT2D eigenvalue weighted by atomic mass is 35.5. The molecule has 136 valence electrons. The first kappa shape index (κ1) is 18.5. The predicted molar refractivity (Wildman–Crippen MR) is 94.9 cm³/mol. The zero-order valence-electron chi connectivity index (χ0n) is 14.4. The number of hydrogen-bond donors (Lipinski definition) is 0. The Bertz CT molecular complexity index is 1020. The smallest absolute Gasteiger partial charge is 0.298 e. The third-order valence-electron chi connectivity index (χ3n) is 4.56. The molecule has 0 amide bonds. The van der Waals surface area contributed by atoms with E-state index < -0.39 is 11.7 Å². The molecule has 0 aliphatic heterocycles. The minimum absolute atomic E-state index is 0.267. The van der Waals surface area contributed by atoms with Crippen LogP contribution in [0.1, 0.15) is 38.3 Å². The molecule has 7 heteroatoms. The van der Waals surface area contributed by atoms with Crippen molar-refractivity contribution in [1.29, 1.82) is 0 Å². The number of aromatic nitrogens is 2. The van der Waals surface area contributed by atoms with Gasteiger partial charge in [0.05, 0.1) is 23.3 Å². The van der Waals surface area contributed by atoms with Crippen LogP contribution < -0.4 is 0 Å². The second-order valence-electron chi connectivity index (χ2n) is 6.29. The molecule has 0 aliphatic rings. The highest BCUT2D eigenvalue weighted by molar-refractivity contribution is 6.31. The number of halogens is 4. The molecule has 0 spiro atoms. The van der Waals surface area contributed by atoms with Crippen molar-refractivity contribution in [1.82, 2.24) is 9.78 Å². The van der Waals surface area contributed by atoms with Gasteiger partial charge in [0.2, 0.25) is 0 Å². The molecular formula is C19H16ClF3N2O. The van der Waals surface area contributed by atoms with Gasteiger partial charge in [-0.2, -0.15) is 18.3 Å². The number of aryl methyl sites for hydroxylation is 2. The summed E-state index contributed by atoms with van der Waals surface area (Å²) in [5.74, 6) is 0. The number of rotatable bonds is 3. The molecule has 1 aromatic heterocycles. The SMILES string of the molecule is Cc1c(C=O)ccc(Cl)c1Cn1nc(C)c2cc(C(F)(F)F)cc(C)c21. The highest BCUT2D eigenvalue weighted by Gasteiger charge is 2.31. The van der Waals surface area contributed by atoms with Gasteiger partial charge in [0.25, 0.3) is 0 Å². The molecule has 0 saturated heterocycles. The molecule has 0 saturated carbocycles. The Hall–Kier alpha value is -2.34. The number of carbonyl (C=O) groups excluding carboxylic acids is 1. The Balaban J connectivity index is 2.18. The molecule has 0 fully saturated rings. The number of alkyl halides is 3. The Morgan fingerprint density at radius 2 is 1.88 bits per heavy atom. The standard InChI is InChI=1S/C19H16ClF3N2O/c1-10-6-14(19(21,22)23)7-15-12(3)24-25(18(10)15)8-16-11(2)13(9-26)4-5-17(16)20/h4-7,9H,8H2,1-3H3. The second-order valence-corrected chi connectivity index (χ2v) is 6.70. The summed E-state index contributed by atoms with van der Waals surface area (Å²) in [7, 11) is 0. The van der Waals surface area contributed by atoms with Crippen LogP contribution in [0.4, 0.5) is 13.2 Å². The molecule has 0 radical (unpaired) electrons. The van der Waals surface area contributed by atoms with Gasteiger partial charge in [-0.1, -0.05) is 11.6 Å². The molecule has 1 heterocycles. The monoisotopic (exact) mass is 380 g/mol. The van der Waals surface area contributed by atoms with Gasteiger partial charge in [-0.15, -0.1) is 0 Å². The van der Waals surface area contributed by atoms with Crippen LogP contribution in [0, 0.1) is 20.8 Å². The van der Waals surface area contributed by atoms with Gasteiger partial charge >= 0.3 is 6.18 Å². The maximum atomic E-state index is 13.1. The van der Waals surface area contributed by atoms with Crippen molar-refractivity contribution in [3.05, 3.63) is 62.8 Å². The van der Waals surface area contributed by atoms with Crippen LogP contribution in [-0.4, -0.2) is 16.1 Å². The summed E-state index contributed by atoms with van der Waals surface area (Å²) in [5, 5.41) is 5.35. The minimum Gasteiger partial charge on any atom is -0.298 e. The average molecular weight is 381 g/mol. The van der Waals surface area contributed by atoms with E-state index in [1.807, 2.05) is 0 Å². The van der Waals surface area contributed by atoms with Crippen LogP contribution in [0.25, 0.3) is 10.9 Å². The quantitative estimate of drug-likeness (QED) is 0.563. The Morgan fingerprint density at radius 3 is 2.50 bits per heavy atom. The van der Waals surface area contributed by atoms with Crippen LogP contribution >= 0.6 is 11.6 Å². The molecule has 0 atom stereocenters. The van der Waals surface area contributed by atoms with Crippen LogP contribution in [0.2, 0.25) is 5.02 Å². The van der Waals surface area contributed by atoms with Gasteiger partial charge in [-0.05, 0) is 61.7 Å². The highest BCUT2D eigenvalue weighted by Crippen LogP contribution is 2.34. The lowest BCUT2D eigenvalue weighted by Gasteiger charge is -2.13. The van der Waals surface area contributed by atoms with Crippen molar-refractivity contribution < 1.29 is 18.0 Å². The number of aldehydes is 1. The third kappa shape index (κ3) is 3.09. The van der Waals surface area contributed by atoms with Gasteiger partial charge in [-0.25, -0.2) is 0 Å². The molecule has 0 bridgehead atoms. The number of nitrogens with zero attached hydrogens (tertiary/aromatic N) is 2. The maximum Gasteiger partial charge on any atom is 0.416 e. The van der Waals surface area contributed by atoms with Crippen molar-refractivity contribution >= 4 is 28.8 Å². The normalized spacial score (nSPS) is 12.0. The molecule has 3 rings (SSSR count). The summed E-state index contributed by atoms with van der Waals surface area (Å²) < 4.78 is 40.9. The van der Waals surface area contributed by atoms with E-state index in [1.165, 1.54) is 0 Å². The van der Waals surface area contributed by atoms with E-state index in [0.29, 0.717) is 32.7 Å². The minimum atomic E-state index is -4.41. The van der Waals surface area contributed by atoms with E-state index in [0.717, 1.165) is 29.5 Å². The van der Waals surface area contributed by atoms with E-state index in [-0.39, 0.29) is 6.54 Å². The molecule has 0 aliphatic carbocycles. The first-order chi connectivity index (χ1) is 12.1. The summed E-state index contributed by atoms with van der Waals surface area (Å²) in [4.78, 5) is 11.2. The molecule has 2 aromatic carbocycles. The number of fused-ring (bicyclic) bond motifs is 1. The first-order valence-electron chi connectivity index (χ1n) is 7.91. The van der Waals surface area contributed by atoms with Gasteiger partial charge < -0.3 is 0 Å². The van der Waals surface area contributed by atoms with E-state index in [9.17, 15) is 18.0 Å². The predicted octanol–water partition coefficient (Wildman–Crippen LogP) is 5.49. The van der Waals surface area contributed by atoms with Crippen molar-refractivity contribution in [3.63, 3.8) is 0 Å². The molecule has 0 N–H and O–H groups in total. The van der Waals surface area contributed by atoms with Crippen LogP contribution in [-0.2, 0) is 12.7 Å². The molecular weight excluding hydrogens is 365 g/mol. The largest absolute Gasteiger partial charge is 0.416 e. The third-order valence-corrected chi connectivity index (χ3v) is 4.92. The Kier molecular flexibility index (Phi) is 4.56. The second kappa shape index (κ2) is 6.43. The average Bonchev–Trinajstić information content (AvgIpc) is 2.87. The first-order valence-corrected chi connectivity index (χ1v) is 8.29. The lowest BCUT2D eigenvalue weighted by molar-refractivity contribution is -0.137. The van der Waals surface area contributed by atoms with Crippen molar-refractivity contribution in [2.75, 3.05) is 0 Å². The van der Waals surface area contributed by atoms with Crippen molar-refractivity contribution in [2.45, 2.75) is 33.5 Å². The van der Waals surface area contributed by atoms with Crippen molar-refractivity contribution in [3.8, 4) is 0 Å². The van der Waals surface area contributed by atoms with E-state index >= 15 is 0 Å². The van der Waals surface area contributed by atoms with E-state index in [4.69, 9.17) is 11.6 Å². The fraction of sp³-hybridized carbons (Fsp3) is 0.263. The van der Waals surface area contributed by atoms with E-state index in [1.54, 1.807) is 37.6 Å². The molecule has 0 unspecified atom stereocenters. The summed E-state index contributed by atoms with van der Waals surface area (Å²) >= 11 is 6.29. The lowest BCUT2D eigenvalue weighted by Crippen LogP contribution is -2.08. The van der Waals surface area contributed by atoms with Gasteiger partial charge in [-0.3, -0.25) is 9.48 Å². The summed E-state index contributed by atoms with van der Waals surface area (Å²) in [6, 6.07) is 5.52. The van der Waals surface area contributed by atoms with E-state index in [2.05, 4.69) is 5.10 Å². The molecule has 26 heavy (non-hydrogen) atoms. The van der Waals surface area contributed by atoms with Crippen LogP contribution in [0.5, 0.6) is 0 Å². The topological polar surface area (TPSA) is 34.9 Å². The Labute approximate surface area is 153 Å². The number of carbonyl (C=O) groups is 1. The van der Waals surface area contributed by atoms with Gasteiger partial charge in [0, 0.05) is 16.0 Å². The number of hydrogen-bond acceptors (Lipinski definition) is 2. The maximum absolute atomic E-state index is 13.1. The fourth-order valence-corrected chi connectivity index (χ4v) is 3.44. The molecule has 3 aromatic rings. The summed E-state index contributed by atoms with van der Waals surface area (Å²) in [6.07, 6.45) is -3.66.